The number of carbonyl (C=O) groups is 1. The molecule has 0 radical (unpaired) electrons. The summed E-state index contributed by atoms with van der Waals surface area (Å²) in [5.41, 5.74) is 5.16. The van der Waals surface area contributed by atoms with E-state index in [1.807, 2.05) is 39.8 Å². The minimum Gasteiger partial charge on any atom is -0.336 e. The number of carbonyl (C=O) groups excluding carboxylic acids is 1. The first kappa shape index (κ1) is 17.3. The van der Waals surface area contributed by atoms with Crippen molar-refractivity contribution in [2.45, 2.75) is 26.7 Å². The number of nitrogens with zero attached hydrogens (tertiary/aromatic N) is 4. The average Bonchev–Trinajstić information content (AvgIpc) is 3.07. The maximum absolute atomic E-state index is 13.2. The van der Waals surface area contributed by atoms with E-state index in [0.29, 0.717) is 18.9 Å². The number of amides is 1. The average molecular weight is 358 g/mol. The first-order valence-electron chi connectivity index (χ1n) is 9.32. The highest BCUT2D eigenvalue weighted by Gasteiger charge is 2.27. The van der Waals surface area contributed by atoms with E-state index in [-0.39, 0.29) is 11.8 Å². The molecule has 1 fully saturated rings. The number of rotatable bonds is 2. The van der Waals surface area contributed by atoms with Crippen LogP contribution in [0, 0.1) is 31.1 Å². The van der Waals surface area contributed by atoms with Crippen molar-refractivity contribution in [3.63, 3.8) is 0 Å². The monoisotopic (exact) mass is 358 g/mol. The second-order valence-corrected chi connectivity index (χ2v) is 7.20. The summed E-state index contributed by atoms with van der Waals surface area (Å²) in [6.45, 7) is 5.37. The molecule has 0 aliphatic carbocycles. The van der Waals surface area contributed by atoms with Gasteiger partial charge in [-0.25, -0.2) is 4.98 Å². The second-order valence-electron chi connectivity index (χ2n) is 7.20. The molecule has 3 heterocycles. The van der Waals surface area contributed by atoms with Crippen LogP contribution in [0.4, 0.5) is 0 Å². The molecule has 1 aliphatic heterocycles. The van der Waals surface area contributed by atoms with Crippen LogP contribution in [0.5, 0.6) is 0 Å². The Labute approximate surface area is 158 Å². The minimum absolute atomic E-state index is 0.0521. The highest BCUT2D eigenvalue weighted by atomic mass is 16.2. The van der Waals surface area contributed by atoms with Gasteiger partial charge in [0.15, 0.2) is 0 Å². The molecule has 0 saturated carbocycles. The number of hydrogen-bond acceptors (Lipinski definition) is 3. The van der Waals surface area contributed by atoms with E-state index in [0.717, 1.165) is 40.7 Å². The summed E-state index contributed by atoms with van der Waals surface area (Å²) in [6.07, 6.45) is 3.36. The molecule has 4 rings (SSSR count). The van der Waals surface area contributed by atoms with Gasteiger partial charge in [-0.2, -0.15) is 5.26 Å². The van der Waals surface area contributed by atoms with Crippen molar-refractivity contribution in [3.8, 4) is 17.3 Å². The summed E-state index contributed by atoms with van der Waals surface area (Å²) < 4.78 is 1.89. The van der Waals surface area contributed by atoms with Gasteiger partial charge in [-0.05, 0) is 49.9 Å². The van der Waals surface area contributed by atoms with Crippen LogP contribution < -0.4 is 0 Å². The van der Waals surface area contributed by atoms with E-state index in [1.54, 1.807) is 0 Å². The Bertz CT molecular complexity index is 1030. The molecule has 1 aliphatic rings. The Morgan fingerprint density at radius 1 is 1.11 bits per heavy atom. The van der Waals surface area contributed by atoms with Gasteiger partial charge in [0.05, 0.1) is 17.3 Å². The number of hydrogen-bond donors (Lipinski definition) is 0. The van der Waals surface area contributed by atoms with Gasteiger partial charge < -0.3 is 4.90 Å². The quantitative estimate of drug-likeness (QED) is 0.696. The molecule has 0 spiro atoms. The number of benzene rings is 1. The van der Waals surface area contributed by atoms with E-state index < -0.39 is 0 Å². The van der Waals surface area contributed by atoms with Crippen LogP contribution in [0.1, 0.15) is 34.6 Å². The van der Waals surface area contributed by atoms with E-state index >= 15 is 0 Å². The van der Waals surface area contributed by atoms with Crippen molar-refractivity contribution >= 4 is 11.4 Å². The van der Waals surface area contributed by atoms with Gasteiger partial charge in [-0.3, -0.25) is 9.20 Å². The molecule has 0 unspecified atom stereocenters. The van der Waals surface area contributed by atoms with Crippen LogP contribution in [-0.2, 0) is 0 Å². The van der Waals surface area contributed by atoms with Crippen molar-refractivity contribution in [1.29, 1.82) is 5.26 Å². The Balaban J connectivity index is 1.79. The fourth-order valence-corrected chi connectivity index (χ4v) is 3.91. The Kier molecular flexibility index (Phi) is 4.41. The number of fused-ring (bicyclic) bond motifs is 1. The van der Waals surface area contributed by atoms with Crippen LogP contribution in [0.3, 0.4) is 0 Å². The summed E-state index contributed by atoms with van der Waals surface area (Å²) >= 11 is 0. The highest BCUT2D eigenvalue weighted by Crippen LogP contribution is 2.31. The zero-order valence-electron chi connectivity index (χ0n) is 15.6. The van der Waals surface area contributed by atoms with E-state index in [9.17, 15) is 4.79 Å². The Morgan fingerprint density at radius 2 is 1.81 bits per heavy atom. The van der Waals surface area contributed by atoms with E-state index in [2.05, 4.69) is 32.0 Å². The molecule has 27 heavy (non-hydrogen) atoms. The van der Waals surface area contributed by atoms with Gasteiger partial charge in [0.1, 0.15) is 0 Å². The Hall–Kier alpha value is -3.13. The van der Waals surface area contributed by atoms with E-state index in [4.69, 9.17) is 10.2 Å². The maximum atomic E-state index is 13.2. The SMILES string of the molecule is Cc1cccc(C)c1-c1nc(C(=O)N2CCC(C#N)CC2)n2ccccc12. The molecule has 1 aromatic carbocycles. The zero-order chi connectivity index (χ0) is 19.0. The van der Waals surface area contributed by atoms with Gasteiger partial charge in [0.2, 0.25) is 5.82 Å². The van der Waals surface area contributed by atoms with Crippen LogP contribution in [-0.4, -0.2) is 33.3 Å². The van der Waals surface area contributed by atoms with Crippen molar-refractivity contribution < 1.29 is 4.79 Å². The molecule has 1 amide bonds. The first-order valence-corrected chi connectivity index (χ1v) is 9.32. The molecular weight excluding hydrogens is 336 g/mol. The second kappa shape index (κ2) is 6.88. The standard InChI is InChI=1S/C22H22N4O/c1-15-6-5-7-16(2)19(15)20-18-8-3-4-11-26(18)21(24-20)22(27)25-12-9-17(14-23)10-13-25/h3-8,11,17H,9-10,12-13H2,1-2H3. The molecule has 0 N–H and O–H groups in total. The molecule has 5 nitrogen and oxygen atoms in total. The van der Waals surface area contributed by atoms with Crippen molar-refractivity contribution in [2.24, 2.45) is 5.92 Å². The molecule has 3 aromatic rings. The fourth-order valence-electron chi connectivity index (χ4n) is 3.91. The molecule has 2 aromatic heterocycles. The minimum atomic E-state index is -0.0647. The van der Waals surface area contributed by atoms with Crippen molar-refractivity contribution in [1.82, 2.24) is 14.3 Å². The predicted molar refractivity (Wildman–Crippen MR) is 104 cm³/mol. The molecule has 5 heteroatoms. The maximum Gasteiger partial charge on any atom is 0.290 e. The lowest BCUT2D eigenvalue weighted by Gasteiger charge is -2.28. The summed E-state index contributed by atoms with van der Waals surface area (Å²) in [5, 5.41) is 9.09. The van der Waals surface area contributed by atoms with Crippen molar-refractivity contribution in [2.75, 3.05) is 13.1 Å². The van der Waals surface area contributed by atoms with Crippen molar-refractivity contribution in [3.05, 3.63) is 59.5 Å². The summed E-state index contributed by atoms with van der Waals surface area (Å²) in [4.78, 5) is 19.8. The highest BCUT2D eigenvalue weighted by molar-refractivity contribution is 5.95. The number of imidazole rings is 1. The van der Waals surface area contributed by atoms with Gasteiger partial charge in [0.25, 0.3) is 5.91 Å². The lowest BCUT2D eigenvalue weighted by molar-refractivity contribution is 0.0694. The number of nitriles is 1. The third kappa shape index (κ3) is 2.97. The van der Waals surface area contributed by atoms with Crippen LogP contribution >= 0.6 is 0 Å². The molecule has 0 atom stereocenters. The fraction of sp³-hybridized carbons (Fsp3) is 0.318. The lowest BCUT2D eigenvalue weighted by atomic mass is 9.98. The summed E-state index contributed by atoms with van der Waals surface area (Å²) in [6, 6.07) is 14.4. The number of pyridine rings is 1. The largest absolute Gasteiger partial charge is 0.336 e. The van der Waals surface area contributed by atoms with Gasteiger partial charge in [-0.1, -0.05) is 24.3 Å². The van der Waals surface area contributed by atoms with Gasteiger partial charge >= 0.3 is 0 Å². The summed E-state index contributed by atoms with van der Waals surface area (Å²) in [5.74, 6) is 0.431. The third-order valence-corrected chi connectivity index (χ3v) is 5.42. The third-order valence-electron chi connectivity index (χ3n) is 5.42. The van der Waals surface area contributed by atoms with Gasteiger partial charge in [0, 0.05) is 30.8 Å². The molecule has 136 valence electrons. The molecular formula is C22H22N4O. The Morgan fingerprint density at radius 3 is 2.48 bits per heavy atom. The zero-order valence-corrected chi connectivity index (χ0v) is 15.6. The van der Waals surface area contributed by atoms with Crippen LogP contribution in [0.15, 0.2) is 42.6 Å². The predicted octanol–water partition coefficient (Wildman–Crippen LogP) is 3.99. The van der Waals surface area contributed by atoms with Crippen LogP contribution in [0.2, 0.25) is 0 Å². The van der Waals surface area contributed by atoms with Crippen LogP contribution in [0.25, 0.3) is 16.8 Å². The smallest absolute Gasteiger partial charge is 0.290 e. The topological polar surface area (TPSA) is 61.4 Å². The van der Waals surface area contributed by atoms with E-state index in [1.165, 1.54) is 0 Å². The summed E-state index contributed by atoms with van der Waals surface area (Å²) in [7, 11) is 0. The first-order chi connectivity index (χ1) is 13.1. The molecule has 1 saturated heterocycles. The number of aromatic nitrogens is 2. The number of piperidine rings is 1. The number of likely N-dealkylation sites (tertiary alicyclic amines) is 1. The normalized spacial score (nSPS) is 15.1. The lowest BCUT2D eigenvalue weighted by Crippen LogP contribution is -2.39. The van der Waals surface area contributed by atoms with Gasteiger partial charge in [-0.15, -0.1) is 0 Å². The molecule has 0 bridgehead atoms. The number of aryl methyl sites for hydroxylation is 2.